The van der Waals surface area contributed by atoms with Crippen LogP contribution >= 0.6 is 0 Å². The van der Waals surface area contributed by atoms with Gasteiger partial charge in [-0.25, -0.2) is 4.79 Å². The molecular formula is C14H21NO3. The molecule has 0 bridgehead atoms. The molecule has 0 amide bonds. The van der Waals surface area contributed by atoms with Gasteiger partial charge in [-0.1, -0.05) is 26.0 Å². The smallest absolute Gasteiger partial charge is 0.344 e. The molecule has 0 aliphatic rings. The third kappa shape index (κ3) is 4.37. The molecule has 0 heterocycles. The molecule has 18 heavy (non-hydrogen) atoms. The summed E-state index contributed by atoms with van der Waals surface area (Å²) < 4.78 is 5.38. The zero-order valence-corrected chi connectivity index (χ0v) is 10.9. The zero-order valence-electron chi connectivity index (χ0n) is 10.9. The Morgan fingerprint density at radius 1 is 1.28 bits per heavy atom. The van der Waals surface area contributed by atoms with Gasteiger partial charge in [-0.05, 0) is 37.0 Å². The van der Waals surface area contributed by atoms with Crippen LogP contribution in [0.4, 0.5) is 0 Å². The molecule has 0 saturated carbocycles. The highest BCUT2D eigenvalue weighted by atomic mass is 16.5. The molecule has 1 rings (SSSR count). The first-order chi connectivity index (χ1) is 8.56. The second kappa shape index (κ2) is 7.01. The first kappa shape index (κ1) is 14.5. The molecule has 4 heteroatoms. The number of hydrogen-bond acceptors (Lipinski definition) is 3. The van der Waals surface area contributed by atoms with Crippen molar-refractivity contribution in [3.63, 3.8) is 0 Å². The summed E-state index contributed by atoms with van der Waals surface area (Å²) in [7, 11) is 0. The van der Waals surface area contributed by atoms with Crippen LogP contribution in [0.15, 0.2) is 24.3 Å². The third-order valence-electron chi connectivity index (χ3n) is 2.87. The molecule has 0 aromatic heterocycles. The van der Waals surface area contributed by atoms with E-state index in [1.54, 1.807) is 19.1 Å². The maximum Gasteiger partial charge on any atom is 0.344 e. The van der Waals surface area contributed by atoms with Crippen LogP contribution in [0, 0.1) is 0 Å². The van der Waals surface area contributed by atoms with Crippen LogP contribution in [0.2, 0.25) is 0 Å². The lowest BCUT2D eigenvalue weighted by Crippen LogP contribution is -2.25. The van der Waals surface area contributed by atoms with E-state index >= 15 is 0 Å². The van der Waals surface area contributed by atoms with Crippen molar-refractivity contribution >= 4 is 5.97 Å². The third-order valence-corrected chi connectivity index (χ3v) is 2.87. The number of carbonyl (C=O) groups is 1. The van der Waals surface area contributed by atoms with Crippen LogP contribution < -0.4 is 10.5 Å². The van der Waals surface area contributed by atoms with E-state index in [-0.39, 0.29) is 6.04 Å². The van der Waals surface area contributed by atoms with Crippen LogP contribution in [0.25, 0.3) is 0 Å². The largest absolute Gasteiger partial charge is 0.479 e. The second-order valence-electron chi connectivity index (χ2n) is 4.37. The van der Waals surface area contributed by atoms with Gasteiger partial charge < -0.3 is 15.6 Å². The highest BCUT2D eigenvalue weighted by Crippen LogP contribution is 2.16. The van der Waals surface area contributed by atoms with Crippen molar-refractivity contribution in [3.8, 4) is 5.75 Å². The lowest BCUT2D eigenvalue weighted by molar-refractivity contribution is -0.145. The fraction of sp³-hybridized carbons (Fsp3) is 0.500. The number of ether oxygens (including phenoxy) is 1. The maximum absolute atomic E-state index is 10.8. The number of nitrogens with two attached hydrogens (primary N) is 1. The van der Waals surface area contributed by atoms with E-state index in [1.807, 2.05) is 12.1 Å². The van der Waals surface area contributed by atoms with Crippen LogP contribution in [0.3, 0.4) is 0 Å². The van der Waals surface area contributed by atoms with E-state index in [0.717, 1.165) is 18.4 Å². The molecule has 0 aliphatic carbocycles. The predicted octanol–water partition coefficient (Wildman–Crippen LogP) is 2.21. The quantitative estimate of drug-likeness (QED) is 0.779. The number of rotatable bonds is 7. The van der Waals surface area contributed by atoms with Gasteiger partial charge in [-0.2, -0.15) is 0 Å². The Labute approximate surface area is 108 Å². The van der Waals surface area contributed by atoms with Gasteiger partial charge in [-0.3, -0.25) is 0 Å². The van der Waals surface area contributed by atoms with Gasteiger partial charge in [0.25, 0.3) is 0 Å². The second-order valence-corrected chi connectivity index (χ2v) is 4.37. The summed E-state index contributed by atoms with van der Waals surface area (Å²) >= 11 is 0. The predicted molar refractivity (Wildman–Crippen MR) is 70.8 cm³/mol. The SMILES string of the molecule is CCC(N)Cc1ccc(OC(CC)C(=O)O)cc1. The highest BCUT2D eigenvalue weighted by molar-refractivity contribution is 5.72. The molecule has 0 fully saturated rings. The molecule has 0 radical (unpaired) electrons. The average Bonchev–Trinajstić information content (AvgIpc) is 2.37. The van der Waals surface area contributed by atoms with Crippen LogP contribution in [-0.2, 0) is 11.2 Å². The van der Waals surface area contributed by atoms with Gasteiger partial charge in [0, 0.05) is 6.04 Å². The first-order valence-corrected chi connectivity index (χ1v) is 6.30. The fourth-order valence-corrected chi connectivity index (χ4v) is 1.62. The van der Waals surface area contributed by atoms with Crippen molar-refractivity contribution < 1.29 is 14.6 Å². The molecule has 3 N–H and O–H groups in total. The number of carboxylic acids is 1. The van der Waals surface area contributed by atoms with Crippen molar-refractivity contribution in [2.75, 3.05) is 0 Å². The lowest BCUT2D eigenvalue weighted by Gasteiger charge is -2.14. The number of benzene rings is 1. The van der Waals surface area contributed by atoms with Gasteiger partial charge in [0.05, 0.1) is 0 Å². The molecule has 100 valence electrons. The molecular weight excluding hydrogens is 230 g/mol. The molecule has 0 spiro atoms. The Morgan fingerprint density at radius 2 is 1.89 bits per heavy atom. The Hall–Kier alpha value is -1.55. The monoisotopic (exact) mass is 251 g/mol. The Morgan fingerprint density at radius 3 is 2.33 bits per heavy atom. The topological polar surface area (TPSA) is 72.5 Å². The van der Waals surface area contributed by atoms with Gasteiger partial charge in [-0.15, -0.1) is 0 Å². The van der Waals surface area contributed by atoms with Gasteiger partial charge in [0.2, 0.25) is 0 Å². The highest BCUT2D eigenvalue weighted by Gasteiger charge is 2.16. The first-order valence-electron chi connectivity index (χ1n) is 6.30. The molecule has 1 aromatic rings. The van der Waals surface area contributed by atoms with Crippen molar-refractivity contribution in [1.82, 2.24) is 0 Å². The fourth-order valence-electron chi connectivity index (χ4n) is 1.62. The van der Waals surface area contributed by atoms with Crippen LogP contribution in [0.5, 0.6) is 5.75 Å². The number of aliphatic carboxylic acids is 1. The summed E-state index contributed by atoms with van der Waals surface area (Å²) in [5, 5.41) is 8.90. The van der Waals surface area contributed by atoms with Crippen LogP contribution in [0.1, 0.15) is 32.3 Å². The summed E-state index contributed by atoms with van der Waals surface area (Å²) in [6.45, 7) is 3.84. The Kier molecular flexibility index (Phi) is 5.65. The zero-order chi connectivity index (χ0) is 13.5. The Bertz CT molecular complexity index is 375. The molecule has 2 unspecified atom stereocenters. The van der Waals surface area contributed by atoms with E-state index < -0.39 is 12.1 Å². The van der Waals surface area contributed by atoms with Gasteiger partial charge in [0.1, 0.15) is 5.75 Å². The molecule has 2 atom stereocenters. The number of carboxylic acid groups (broad SMARTS) is 1. The van der Waals surface area contributed by atoms with Crippen molar-refractivity contribution in [2.24, 2.45) is 5.73 Å². The van der Waals surface area contributed by atoms with Crippen molar-refractivity contribution in [3.05, 3.63) is 29.8 Å². The maximum atomic E-state index is 10.8. The standard InChI is InChI=1S/C14H21NO3/c1-3-11(15)9-10-5-7-12(8-6-10)18-13(4-2)14(16)17/h5-8,11,13H,3-4,9,15H2,1-2H3,(H,16,17). The van der Waals surface area contributed by atoms with Crippen LogP contribution in [-0.4, -0.2) is 23.2 Å². The summed E-state index contributed by atoms with van der Waals surface area (Å²) in [6, 6.07) is 7.62. The molecule has 4 nitrogen and oxygen atoms in total. The minimum Gasteiger partial charge on any atom is -0.479 e. The van der Waals surface area contributed by atoms with Gasteiger partial charge in [0.15, 0.2) is 6.10 Å². The average molecular weight is 251 g/mol. The minimum absolute atomic E-state index is 0.166. The van der Waals surface area contributed by atoms with E-state index in [0.29, 0.717) is 12.2 Å². The van der Waals surface area contributed by atoms with E-state index in [4.69, 9.17) is 15.6 Å². The normalized spacial score (nSPS) is 13.9. The van der Waals surface area contributed by atoms with Gasteiger partial charge >= 0.3 is 5.97 Å². The van der Waals surface area contributed by atoms with E-state index in [2.05, 4.69) is 6.92 Å². The van der Waals surface area contributed by atoms with E-state index in [9.17, 15) is 4.79 Å². The molecule has 0 aliphatic heterocycles. The van der Waals surface area contributed by atoms with E-state index in [1.165, 1.54) is 0 Å². The van der Waals surface area contributed by atoms with Crippen molar-refractivity contribution in [1.29, 1.82) is 0 Å². The lowest BCUT2D eigenvalue weighted by atomic mass is 10.0. The summed E-state index contributed by atoms with van der Waals surface area (Å²) in [4.78, 5) is 10.8. The molecule has 0 saturated heterocycles. The summed E-state index contributed by atoms with van der Waals surface area (Å²) in [6.07, 6.45) is 1.42. The number of hydrogen-bond donors (Lipinski definition) is 2. The summed E-state index contributed by atoms with van der Waals surface area (Å²) in [5.74, 6) is -0.354. The summed E-state index contributed by atoms with van der Waals surface area (Å²) in [5.41, 5.74) is 7.02. The molecule has 1 aromatic carbocycles. The van der Waals surface area contributed by atoms with Crippen molar-refractivity contribution in [2.45, 2.75) is 45.3 Å². The Balaban J connectivity index is 2.62. The minimum atomic E-state index is -0.936.